The zero-order chi connectivity index (χ0) is 19.6. The standard InChI is InChI=1S/C23H25N3O2/c1-17-15-24-22(28)26(17)20-11-9-18(10-12-20)21(27)25-16-23(13-5-6-14-23)19-7-3-2-4-8-19/h2-4,7-12,15H,5-6,13-14,16H2,1H3,(H,24,28)(H,25,27). The van der Waals surface area contributed by atoms with Crippen molar-refractivity contribution < 1.29 is 4.79 Å². The number of rotatable bonds is 5. The topological polar surface area (TPSA) is 66.9 Å². The fourth-order valence-corrected chi connectivity index (χ4v) is 4.30. The molecule has 0 atom stereocenters. The molecule has 5 heteroatoms. The van der Waals surface area contributed by atoms with Gasteiger partial charge in [0.2, 0.25) is 0 Å². The van der Waals surface area contributed by atoms with E-state index in [-0.39, 0.29) is 17.0 Å². The van der Waals surface area contributed by atoms with Gasteiger partial charge < -0.3 is 10.3 Å². The Kier molecular flexibility index (Phi) is 4.90. The van der Waals surface area contributed by atoms with Gasteiger partial charge in [-0.2, -0.15) is 0 Å². The number of aromatic nitrogens is 2. The molecule has 1 aliphatic rings. The molecular weight excluding hydrogens is 350 g/mol. The highest BCUT2D eigenvalue weighted by molar-refractivity contribution is 5.94. The summed E-state index contributed by atoms with van der Waals surface area (Å²) in [6.45, 7) is 2.51. The van der Waals surface area contributed by atoms with Crippen LogP contribution in [0.15, 0.2) is 65.6 Å². The molecule has 144 valence electrons. The van der Waals surface area contributed by atoms with Crippen molar-refractivity contribution in [1.29, 1.82) is 0 Å². The molecule has 1 aromatic heterocycles. The van der Waals surface area contributed by atoms with Gasteiger partial charge in [0.1, 0.15) is 0 Å². The van der Waals surface area contributed by atoms with Crippen molar-refractivity contribution in [3.05, 3.63) is 88.1 Å². The number of hydrogen-bond acceptors (Lipinski definition) is 2. The van der Waals surface area contributed by atoms with Gasteiger partial charge in [-0.3, -0.25) is 9.36 Å². The second-order valence-corrected chi connectivity index (χ2v) is 7.65. The van der Waals surface area contributed by atoms with Crippen LogP contribution in [0.1, 0.15) is 47.3 Å². The third-order valence-electron chi connectivity index (χ3n) is 5.88. The van der Waals surface area contributed by atoms with E-state index < -0.39 is 0 Å². The number of aromatic amines is 1. The lowest BCUT2D eigenvalue weighted by Crippen LogP contribution is -2.39. The van der Waals surface area contributed by atoms with Crippen molar-refractivity contribution in [2.75, 3.05) is 6.54 Å². The van der Waals surface area contributed by atoms with Gasteiger partial charge in [-0.1, -0.05) is 43.2 Å². The van der Waals surface area contributed by atoms with E-state index in [1.807, 2.05) is 13.0 Å². The quantitative estimate of drug-likeness (QED) is 0.714. The summed E-state index contributed by atoms with van der Waals surface area (Å²) in [5.41, 5.74) is 3.34. The Balaban J connectivity index is 1.49. The Morgan fingerprint density at radius 1 is 1.07 bits per heavy atom. The number of hydrogen-bond donors (Lipinski definition) is 2. The van der Waals surface area contributed by atoms with E-state index in [0.717, 1.165) is 24.2 Å². The van der Waals surface area contributed by atoms with Crippen molar-refractivity contribution in [2.24, 2.45) is 0 Å². The molecule has 2 N–H and O–H groups in total. The minimum absolute atomic E-state index is 0.0341. The summed E-state index contributed by atoms with van der Waals surface area (Å²) in [6, 6.07) is 17.7. The third kappa shape index (κ3) is 3.40. The number of nitrogens with zero attached hydrogens (tertiary/aromatic N) is 1. The average molecular weight is 375 g/mol. The van der Waals surface area contributed by atoms with Gasteiger partial charge in [0.05, 0.1) is 5.69 Å². The Hall–Kier alpha value is -3.08. The maximum absolute atomic E-state index is 12.7. The normalized spacial score (nSPS) is 15.5. The van der Waals surface area contributed by atoms with E-state index in [0.29, 0.717) is 12.1 Å². The molecule has 2 aromatic carbocycles. The van der Waals surface area contributed by atoms with Gasteiger partial charge in [-0.05, 0) is 49.6 Å². The minimum atomic E-state index is -0.180. The second-order valence-electron chi connectivity index (χ2n) is 7.65. The molecule has 3 aromatic rings. The summed E-state index contributed by atoms with van der Waals surface area (Å²) < 4.78 is 1.59. The number of carbonyl (C=O) groups is 1. The van der Waals surface area contributed by atoms with Crippen LogP contribution in [0, 0.1) is 6.92 Å². The lowest BCUT2D eigenvalue weighted by molar-refractivity contribution is 0.0943. The van der Waals surface area contributed by atoms with Crippen molar-refractivity contribution >= 4 is 5.91 Å². The summed E-state index contributed by atoms with van der Waals surface area (Å²) in [7, 11) is 0. The number of carbonyl (C=O) groups excluding carboxylic acids is 1. The Bertz CT molecular complexity index is 1010. The van der Waals surface area contributed by atoms with Gasteiger partial charge in [-0.15, -0.1) is 0 Å². The predicted molar refractivity (Wildman–Crippen MR) is 110 cm³/mol. The fraction of sp³-hybridized carbons (Fsp3) is 0.304. The van der Waals surface area contributed by atoms with E-state index in [1.54, 1.807) is 35.0 Å². The van der Waals surface area contributed by atoms with Crippen LogP contribution in [0.4, 0.5) is 0 Å². The first-order valence-corrected chi connectivity index (χ1v) is 9.80. The molecule has 0 saturated heterocycles. The third-order valence-corrected chi connectivity index (χ3v) is 5.88. The molecule has 0 aliphatic heterocycles. The van der Waals surface area contributed by atoms with Gasteiger partial charge in [0, 0.05) is 29.4 Å². The number of imidazole rings is 1. The smallest absolute Gasteiger partial charge is 0.330 e. The zero-order valence-corrected chi connectivity index (χ0v) is 16.1. The molecule has 0 bridgehead atoms. The van der Waals surface area contributed by atoms with Crippen molar-refractivity contribution in [3.63, 3.8) is 0 Å². The van der Waals surface area contributed by atoms with E-state index in [4.69, 9.17) is 0 Å². The monoisotopic (exact) mass is 375 g/mol. The van der Waals surface area contributed by atoms with Gasteiger partial charge >= 0.3 is 5.69 Å². The number of nitrogens with one attached hydrogen (secondary N) is 2. The molecule has 1 fully saturated rings. The molecule has 28 heavy (non-hydrogen) atoms. The van der Waals surface area contributed by atoms with Crippen molar-refractivity contribution in [2.45, 2.75) is 38.0 Å². The number of aryl methyl sites for hydroxylation is 1. The summed E-state index contributed by atoms with van der Waals surface area (Å²) >= 11 is 0. The van der Waals surface area contributed by atoms with E-state index in [9.17, 15) is 9.59 Å². The number of amides is 1. The molecule has 1 heterocycles. The van der Waals surface area contributed by atoms with Crippen LogP contribution in [0.25, 0.3) is 5.69 Å². The van der Waals surface area contributed by atoms with E-state index in [2.05, 4.69) is 34.6 Å². The van der Waals surface area contributed by atoms with Crippen LogP contribution in [-0.4, -0.2) is 22.0 Å². The van der Waals surface area contributed by atoms with Gasteiger partial charge in [0.25, 0.3) is 5.91 Å². The lowest BCUT2D eigenvalue weighted by atomic mass is 9.79. The highest BCUT2D eigenvalue weighted by Crippen LogP contribution is 2.40. The predicted octanol–water partition coefficient (Wildman–Crippen LogP) is 3.72. The van der Waals surface area contributed by atoms with Crippen molar-refractivity contribution in [1.82, 2.24) is 14.9 Å². The highest BCUT2D eigenvalue weighted by atomic mass is 16.2. The van der Waals surface area contributed by atoms with Crippen LogP contribution in [0.3, 0.4) is 0 Å². The second kappa shape index (κ2) is 7.50. The van der Waals surface area contributed by atoms with Crippen LogP contribution in [0.5, 0.6) is 0 Å². The molecule has 4 rings (SSSR count). The van der Waals surface area contributed by atoms with Crippen LogP contribution >= 0.6 is 0 Å². The molecule has 0 spiro atoms. The Morgan fingerprint density at radius 2 is 1.75 bits per heavy atom. The molecule has 1 aliphatic carbocycles. The first-order valence-electron chi connectivity index (χ1n) is 9.80. The van der Waals surface area contributed by atoms with Gasteiger partial charge in [-0.25, -0.2) is 4.79 Å². The van der Waals surface area contributed by atoms with Crippen LogP contribution < -0.4 is 11.0 Å². The maximum Gasteiger partial charge on any atom is 0.330 e. The Morgan fingerprint density at radius 3 is 2.36 bits per heavy atom. The van der Waals surface area contributed by atoms with E-state index >= 15 is 0 Å². The lowest BCUT2D eigenvalue weighted by Gasteiger charge is -2.30. The maximum atomic E-state index is 12.7. The van der Waals surface area contributed by atoms with Crippen LogP contribution in [0.2, 0.25) is 0 Å². The zero-order valence-electron chi connectivity index (χ0n) is 16.1. The minimum Gasteiger partial charge on any atom is -0.351 e. The fourth-order valence-electron chi connectivity index (χ4n) is 4.30. The summed E-state index contributed by atoms with van der Waals surface area (Å²) in [6.07, 6.45) is 6.28. The molecule has 1 amide bonds. The number of H-pyrrole nitrogens is 1. The summed E-state index contributed by atoms with van der Waals surface area (Å²) in [4.78, 5) is 27.3. The first-order chi connectivity index (χ1) is 13.6. The largest absolute Gasteiger partial charge is 0.351 e. The highest BCUT2D eigenvalue weighted by Gasteiger charge is 2.35. The van der Waals surface area contributed by atoms with Crippen molar-refractivity contribution in [3.8, 4) is 5.69 Å². The SMILES string of the molecule is Cc1c[nH]c(=O)n1-c1ccc(C(=O)NCC2(c3ccccc3)CCCC2)cc1. The Labute approximate surface area is 164 Å². The first kappa shape index (κ1) is 18.3. The molecular formula is C23H25N3O2. The summed E-state index contributed by atoms with van der Waals surface area (Å²) in [5.74, 6) is -0.0770. The van der Waals surface area contributed by atoms with Gasteiger partial charge in [0.15, 0.2) is 0 Å². The number of benzene rings is 2. The van der Waals surface area contributed by atoms with Crippen LogP contribution in [-0.2, 0) is 5.41 Å². The molecule has 0 unspecified atom stereocenters. The van der Waals surface area contributed by atoms with E-state index in [1.165, 1.54) is 18.4 Å². The molecule has 1 saturated carbocycles. The molecule has 0 radical (unpaired) electrons. The molecule has 5 nitrogen and oxygen atoms in total. The average Bonchev–Trinajstić information content (AvgIpc) is 3.34. The summed E-state index contributed by atoms with van der Waals surface area (Å²) in [5, 5.41) is 3.14.